The van der Waals surface area contributed by atoms with Gasteiger partial charge in [0.1, 0.15) is 13.2 Å². The van der Waals surface area contributed by atoms with Crippen LogP contribution in [-0.4, -0.2) is 37.2 Å². The highest BCUT2D eigenvalue weighted by atomic mass is 16.6. The number of carbonyl (C=O) groups is 3. The number of hydrogen-bond acceptors (Lipinski definition) is 6. The van der Waals surface area contributed by atoms with E-state index in [9.17, 15) is 14.4 Å². The Kier molecular flexibility index (Phi) is 55.7. The van der Waals surface area contributed by atoms with Crippen LogP contribution in [0.2, 0.25) is 0 Å². The Morgan fingerprint density at radius 3 is 0.809 bits per heavy atom. The zero-order chi connectivity index (χ0) is 49.3. The third-order valence-corrected chi connectivity index (χ3v) is 13.7. The number of allylic oxidation sites excluding steroid dienone is 4. The Bertz CT molecular complexity index is 1100. The minimum atomic E-state index is -0.771. The van der Waals surface area contributed by atoms with Crippen LogP contribution >= 0.6 is 0 Å². The van der Waals surface area contributed by atoms with E-state index in [2.05, 4.69) is 45.1 Å². The minimum Gasteiger partial charge on any atom is -0.462 e. The van der Waals surface area contributed by atoms with Crippen molar-refractivity contribution in [3.63, 3.8) is 0 Å². The monoisotopic (exact) mass is 957 g/mol. The maximum Gasteiger partial charge on any atom is 0.306 e. The molecule has 0 aromatic rings. The molecule has 0 heterocycles. The van der Waals surface area contributed by atoms with Crippen molar-refractivity contribution in [2.24, 2.45) is 0 Å². The van der Waals surface area contributed by atoms with E-state index in [1.165, 1.54) is 231 Å². The highest BCUT2D eigenvalue weighted by molar-refractivity contribution is 5.71. The van der Waals surface area contributed by atoms with Gasteiger partial charge in [0.2, 0.25) is 0 Å². The van der Waals surface area contributed by atoms with Crippen LogP contribution in [0.25, 0.3) is 0 Å². The van der Waals surface area contributed by atoms with Gasteiger partial charge in [0.15, 0.2) is 6.10 Å². The third-order valence-electron chi connectivity index (χ3n) is 13.7. The van der Waals surface area contributed by atoms with Crippen LogP contribution in [0.15, 0.2) is 24.3 Å². The van der Waals surface area contributed by atoms with Gasteiger partial charge in [-0.2, -0.15) is 0 Å². The number of rotatable bonds is 56. The first kappa shape index (κ1) is 65.9. The van der Waals surface area contributed by atoms with Crippen molar-refractivity contribution in [2.75, 3.05) is 13.2 Å². The summed E-state index contributed by atoms with van der Waals surface area (Å²) in [5.41, 5.74) is 0. The van der Waals surface area contributed by atoms with E-state index >= 15 is 0 Å². The molecule has 0 fully saturated rings. The Balaban J connectivity index is 4.31. The first-order valence-corrected chi connectivity index (χ1v) is 30.4. The molecule has 0 spiro atoms. The Morgan fingerprint density at radius 1 is 0.294 bits per heavy atom. The lowest BCUT2D eigenvalue weighted by Gasteiger charge is -2.18. The first-order chi connectivity index (χ1) is 33.5. The molecule has 1 atom stereocenters. The number of ether oxygens (including phenoxy) is 3. The van der Waals surface area contributed by atoms with Crippen molar-refractivity contribution in [3.05, 3.63) is 24.3 Å². The predicted molar refractivity (Wildman–Crippen MR) is 293 cm³/mol. The van der Waals surface area contributed by atoms with Crippen LogP contribution in [0.5, 0.6) is 0 Å². The van der Waals surface area contributed by atoms with Crippen molar-refractivity contribution in [1.29, 1.82) is 0 Å². The largest absolute Gasteiger partial charge is 0.462 e. The van der Waals surface area contributed by atoms with E-state index in [1.54, 1.807) is 0 Å². The first-order valence-electron chi connectivity index (χ1n) is 30.4. The average molecular weight is 958 g/mol. The molecular formula is C62H116O6. The molecule has 0 aromatic carbocycles. The summed E-state index contributed by atoms with van der Waals surface area (Å²) in [4.78, 5) is 38.2. The quantitative estimate of drug-likeness (QED) is 0.0262. The molecule has 6 heteroatoms. The van der Waals surface area contributed by atoms with Gasteiger partial charge in [0.05, 0.1) is 0 Å². The van der Waals surface area contributed by atoms with E-state index in [0.717, 1.165) is 64.2 Å². The molecule has 0 saturated heterocycles. The fourth-order valence-electron chi connectivity index (χ4n) is 9.14. The number of esters is 3. The summed E-state index contributed by atoms with van der Waals surface area (Å²) in [6.07, 6.45) is 67.4. The van der Waals surface area contributed by atoms with Crippen molar-refractivity contribution in [1.82, 2.24) is 0 Å². The van der Waals surface area contributed by atoms with Crippen LogP contribution < -0.4 is 0 Å². The molecule has 68 heavy (non-hydrogen) atoms. The molecule has 0 aromatic heterocycles. The van der Waals surface area contributed by atoms with E-state index in [-0.39, 0.29) is 31.1 Å². The van der Waals surface area contributed by atoms with Gasteiger partial charge in [-0.15, -0.1) is 0 Å². The van der Waals surface area contributed by atoms with E-state index < -0.39 is 6.10 Å². The maximum atomic E-state index is 12.9. The molecule has 0 N–H and O–H groups in total. The van der Waals surface area contributed by atoms with Gasteiger partial charge in [-0.25, -0.2) is 0 Å². The SMILES string of the molecule is CCCCC/C=C\C=C/CCCCCCCCC(=O)OCC(COC(=O)CCCCCCCCCCCCCCCCCCCCC)OC(=O)CCCCCCCCCCCCCCCCCC. The Morgan fingerprint density at radius 2 is 0.515 bits per heavy atom. The lowest BCUT2D eigenvalue weighted by molar-refractivity contribution is -0.167. The molecule has 1 unspecified atom stereocenters. The molecule has 0 aliphatic heterocycles. The molecule has 0 amide bonds. The van der Waals surface area contributed by atoms with Crippen molar-refractivity contribution < 1.29 is 28.6 Å². The van der Waals surface area contributed by atoms with Crippen LogP contribution in [0, 0.1) is 0 Å². The van der Waals surface area contributed by atoms with Crippen molar-refractivity contribution in [2.45, 2.75) is 341 Å². The van der Waals surface area contributed by atoms with Gasteiger partial charge >= 0.3 is 17.9 Å². The van der Waals surface area contributed by atoms with E-state index in [0.29, 0.717) is 19.3 Å². The van der Waals surface area contributed by atoms with Crippen LogP contribution in [0.4, 0.5) is 0 Å². The molecule has 0 bridgehead atoms. The normalized spacial score (nSPS) is 12.1. The standard InChI is InChI=1S/C62H116O6/c1-4-7-10-13-16-19-22-25-28-30-31-32-35-37-40-43-46-49-52-55-61(64)67-58-59(57-66-60(63)54-51-48-45-42-39-36-33-27-24-21-18-15-12-9-6-3)68-62(65)56-53-50-47-44-41-38-34-29-26-23-20-17-14-11-8-5-2/h18,21,24,27,59H,4-17,19-20,22-23,25-26,28-58H2,1-3H3/b21-18-,27-24-. The number of carbonyl (C=O) groups excluding carboxylic acids is 3. The lowest BCUT2D eigenvalue weighted by Crippen LogP contribution is -2.30. The topological polar surface area (TPSA) is 78.9 Å². The van der Waals surface area contributed by atoms with Gasteiger partial charge in [-0.05, 0) is 44.9 Å². The lowest BCUT2D eigenvalue weighted by atomic mass is 10.0. The maximum absolute atomic E-state index is 12.9. The zero-order valence-corrected chi connectivity index (χ0v) is 45.9. The second-order valence-corrected chi connectivity index (χ2v) is 20.7. The summed E-state index contributed by atoms with van der Waals surface area (Å²) in [6.45, 7) is 6.66. The third kappa shape index (κ3) is 54.8. The number of hydrogen-bond donors (Lipinski definition) is 0. The molecule has 6 nitrogen and oxygen atoms in total. The molecule has 0 rings (SSSR count). The summed E-state index contributed by atoms with van der Waals surface area (Å²) < 4.78 is 16.9. The van der Waals surface area contributed by atoms with Crippen LogP contribution in [-0.2, 0) is 28.6 Å². The van der Waals surface area contributed by atoms with Gasteiger partial charge in [-0.1, -0.05) is 295 Å². The van der Waals surface area contributed by atoms with E-state index in [4.69, 9.17) is 14.2 Å². The van der Waals surface area contributed by atoms with Gasteiger partial charge in [-0.3, -0.25) is 14.4 Å². The smallest absolute Gasteiger partial charge is 0.306 e. The fraction of sp³-hybridized carbons (Fsp3) is 0.887. The summed E-state index contributed by atoms with van der Waals surface area (Å²) in [7, 11) is 0. The molecule has 0 saturated carbocycles. The molecular weight excluding hydrogens is 841 g/mol. The summed E-state index contributed by atoms with van der Waals surface area (Å²) in [5.74, 6) is -0.856. The Labute approximate surface area is 423 Å². The second kappa shape index (κ2) is 57.5. The van der Waals surface area contributed by atoms with Gasteiger partial charge in [0, 0.05) is 19.3 Å². The second-order valence-electron chi connectivity index (χ2n) is 20.7. The van der Waals surface area contributed by atoms with Crippen molar-refractivity contribution in [3.8, 4) is 0 Å². The number of unbranched alkanes of at least 4 members (excludes halogenated alkanes) is 42. The van der Waals surface area contributed by atoms with E-state index in [1.807, 2.05) is 0 Å². The predicted octanol–water partition coefficient (Wildman–Crippen LogP) is 20.3. The average Bonchev–Trinajstić information content (AvgIpc) is 3.34. The van der Waals surface area contributed by atoms with Gasteiger partial charge < -0.3 is 14.2 Å². The molecule has 0 radical (unpaired) electrons. The molecule has 0 aliphatic carbocycles. The van der Waals surface area contributed by atoms with Crippen LogP contribution in [0.3, 0.4) is 0 Å². The Hall–Kier alpha value is -2.11. The summed E-state index contributed by atoms with van der Waals surface area (Å²) >= 11 is 0. The fourth-order valence-corrected chi connectivity index (χ4v) is 9.14. The zero-order valence-electron chi connectivity index (χ0n) is 45.9. The molecule has 400 valence electrons. The minimum absolute atomic E-state index is 0.0691. The highest BCUT2D eigenvalue weighted by Crippen LogP contribution is 2.18. The summed E-state index contributed by atoms with van der Waals surface area (Å²) in [6, 6.07) is 0. The highest BCUT2D eigenvalue weighted by Gasteiger charge is 2.19. The molecule has 0 aliphatic rings. The van der Waals surface area contributed by atoms with Crippen LogP contribution in [0.1, 0.15) is 335 Å². The van der Waals surface area contributed by atoms with Crippen molar-refractivity contribution >= 4 is 17.9 Å². The van der Waals surface area contributed by atoms with Gasteiger partial charge in [0.25, 0.3) is 0 Å². The summed E-state index contributed by atoms with van der Waals surface area (Å²) in [5, 5.41) is 0.